The molecule has 0 saturated carbocycles. The summed E-state index contributed by atoms with van der Waals surface area (Å²) in [4.78, 5) is 4.63. The molecule has 0 N–H and O–H groups in total. The Hall–Kier alpha value is -1.09. The van der Waals surface area contributed by atoms with Crippen molar-refractivity contribution in [3.05, 3.63) is 29.1 Å². The van der Waals surface area contributed by atoms with E-state index in [4.69, 9.17) is 0 Å². The first-order valence-corrected chi connectivity index (χ1v) is 6.75. The van der Waals surface area contributed by atoms with Crippen LogP contribution in [0.15, 0.2) is 12.1 Å². The van der Waals surface area contributed by atoms with Gasteiger partial charge in [0.1, 0.15) is 5.82 Å². The Morgan fingerprint density at radius 2 is 1.67 bits per heavy atom. The van der Waals surface area contributed by atoms with Crippen molar-refractivity contribution in [3.8, 4) is 0 Å². The molecule has 1 heterocycles. The molecule has 0 bridgehead atoms. The molecule has 1 aliphatic rings. The Balaban J connectivity index is 2.15. The highest BCUT2D eigenvalue weighted by atomic mass is 19.1. The first kappa shape index (κ1) is 13.3. The second-order valence-corrected chi connectivity index (χ2v) is 5.53. The molecule has 0 atom stereocenters. The third-order valence-corrected chi connectivity index (χ3v) is 3.76. The zero-order chi connectivity index (χ0) is 13.3. The molecule has 0 radical (unpaired) electrons. The number of aryl methyl sites for hydroxylation is 2. The molecule has 0 aromatic heterocycles. The van der Waals surface area contributed by atoms with Crippen molar-refractivity contribution < 1.29 is 4.39 Å². The molecule has 1 aliphatic heterocycles. The maximum absolute atomic E-state index is 14.1. The number of rotatable bonds is 2. The third-order valence-electron chi connectivity index (χ3n) is 3.76. The second kappa shape index (κ2) is 5.27. The molecule has 1 aromatic rings. The first-order valence-electron chi connectivity index (χ1n) is 6.75. The van der Waals surface area contributed by atoms with Gasteiger partial charge in [-0.25, -0.2) is 4.39 Å². The van der Waals surface area contributed by atoms with Crippen LogP contribution in [0.5, 0.6) is 0 Å². The summed E-state index contributed by atoms with van der Waals surface area (Å²) in [7, 11) is 0. The van der Waals surface area contributed by atoms with E-state index < -0.39 is 0 Å². The summed E-state index contributed by atoms with van der Waals surface area (Å²) in [5.74, 6) is -0.0782. The molecule has 0 amide bonds. The fourth-order valence-electron chi connectivity index (χ4n) is 2.77. The van der Waals surface area contributed by atoms with Crippen LogP contribution in [0.1, 0.15) is 25.0 Å². The number of hydrogen-bond donors (Lipinski definition) is 0. The van der Waals surface area contributed by atoms with Crippen LogP contribution >= 0.6 is 0 Å². The molecular formula is C15H23FN2. The summed E-state index contributed by atoms with van der Waals surface area (Å²) in [6.45, 7) is 12.2. The van der Waals surface area contributed by atoms with Crippen LogP contribution < -0.4 is 4.90 Å². The van der Waals surface area contributed by atoms with E-state index in [9.17, 15) is 4.39 Å². The zero-order valence-electron chi connectivity index (χ0n) is 11.8. The first-order chi connectivity index (χ1) is 8.49. The number of halogens is 1. The lowest BCUT2D eigenvalue weighted by Crippen LogP contribution is -2.49. The summed E-state index contributed by atoms with van der Waals surface area (Å²) in [5.41, 5.74) is 2.84. The molecule has 0 unspecified atom stereocenters. The van der Waals surface area contributed by atoms with E-state index in [1.54, 1.807) is 6.07 Å². The maximum Gasteiger partial charge on any atom is 0.147 e. The molecule has 1 saturated heterocycles. The summed E-state index contributed by atoms with van der Waals surface area (Å²) < 4.78 is 14.1. The van der Waals surface area contributed by atoms with Crippen LogP contribution in [-0.2, 0) is 0 Å². The molecule has 2 nitrogen and oxygen atoms in total. The van der Waals surface area contributed by atoms with Crippen molar-refractivity contribution in [2.24, 2.45) is 0 Å². The average molecular weight is 250 g/mol. The third kappa shape index (κ3) is 2.66. The van der Waals surface area contributed by atoms with Crippen molar-refractivity contribution in [1.29, 1.82) is 0 Å². The minimum Gasteiger partial charge on any atom is -0.366 e. The largest absolute Gasteiger partial charge is 0.366 e. The summed E-state index contributed by atoms with van der Waals surface area (Å²) in [6, 6.07) is 4.28. The molecule has 0 spiro atoms. The highest BCUT2D eigenvalue weighted by molar-refractivity contribution is 5.56. The lowest BCUT2D eigenvalue weighted by molar-refractivity contribution is 0.209. The van der Waals surface area contributed by atoms with Gasteiger partial charge in [-0.3, -0.25) is 4.90 Å². The molecule has 1 fully saturated rings. The number of benzene rings is 1. The lowest BCUT2D eigenvalue weighted by atomic mass is 10.1. The van der Waals surface area contributed by atoms with Crippen LogP contribution in [0.2, 0.25) is 0 Å². The zero-order valence-corrected chi connectivity index (χ0v) is 11.8. The van der Waals surface area contributed by atoms with Gasteiger partial charge in [-0.2, -0.15) is 0 Å². The Labute approximate surface area is 109 Å². The van der Waals surface area contributed by atoms with E-state index in [2.05, 4.69) is 29.7 Å². The Morgan fingerprint density at radius 3 is 2.17 bits per heavy atom. The highest BCUT2D eigenvalue weighted by Gasteiger charge is 2.22. The summed E-state index contributed by atoms with van der Waals surface area (Å²) in [5, 5.41) is 0. The fourth-order valence-corrected chi connectivity index (χ4v) is 2.77. The van der Waals surface area contributed by atoms with E-state index in [1.165, 1.54) is 0 Å². The molecular weight excluding hydrogens is 227 g/mol. The van der Waals surface area contributed by atoms with Gasteiger partial charge in [0, 0.05) is 32.2 Å². The van der Waals surface area contributed by atoms with Gasteiger partial charge in [-0.1, -0.05) is 6.07 Å². The fraction of sp³-hybridized carbons (Fsp3) is 0.600. The van der Waals surface area contributed by atoms with Crippen LogP contribution in [0.25, 0.3) is 0 Å². The van der Waals surface area contributed by atoms with Crippen molar-refractivity contribution in [3.63, 3.8) is 0 Å². The Kier molecular flexibility index (Phi) is 3.91. The summed E-state index contributed by atoms with van der Waals surface area (Å²) in [6.07, 6.45) is 0. The molecule has 18 heavy (non-hydrogen) atoms. The van der Waals surface area contributed by atoms with Gasteiger partial charge in [0.25, 0.3) is 0 Å². The predicted octanol–water partition coefficient (Wildman–Crippen LogP) is 2.97. The van der Waals surface area contributed by atoms with Gasteiger partial charge in [0.2, 0.25) is 0 Å². The van der Waals surface area contributed by atoms with Gasteiger partial charge in [0.15, 0.2) is 0 Å². The standard InChI is InChI=1S/C15H23FN2/c1-11(2)17-5-7-18(8-6-17)15-13(4)9-12(3)10-14(15)16/h9-11H,5-8H2,1-4H3. The lowest BCUT2D eigenvalue weighted by Gasteiger charge is -2.38. The molecule has 3 heteroatoms. The second-order valence-electron chi connectivity index (χ2n) is 5.53. The number of anilines is 1. The van der Waals surface area contributed by atoms with Gasteiger partial charge >= 0.3 is 0 Å². The van der Waals surface area contributed by atoms with Crippen LogP contribution in [0, 0.1) is 19.7 Å². The SMILES string of the molecule is Cc1cc(C)c(N2CCN(C(C)C)CC2)c(F)c1. The maximum atomic E-state index is 14.1. The molecule has 2 rings (SSSR count). The van der Waals surface area contributed by atoms with E-state index in [-0.39, 0.29) is 5.82 Å². The highest BCUT2D eigenvalue weighted by Crippen LogP contribution is 2.26. The normalized spacial score (nSPS) is 17.6. The molecule has 0 aliphatic carbocycles. The predicted molar refractivity (Wildman–Crippen MR) is 74.8 cm³/mol. The van der Waals surface area contributed by atoms with E-state index in [0.717, 1.165) is 43.0 Å². The Morgan fingerprint density at radius 1 is 1.06 bits per heavy atom. The van der Waals surface area contributed by atoms with Crippen LogP contribution in [0.3, 0.4) is 0 Å². The van der Waals surface area contributed by atoms with Crippen molar-refractivity contribution in [2.75, 3.05) is 31.1 Å². The van der Waals surface area contributed by atoms with Gasteiger partial charge in [-0.15, -0.1) is 0 Å². The summed E-state index contributed by atoms with van der Waals surface area (Å²) >= 11 is 0. The monoisotopic (exact) mass is 250 g/mol. The van der Waals surface area contributed by atoms with Crippen LogP contribution in [-0.4, -0.2) is 37.1 Å². The minimum atomic E-state index is -0.0782. The number of nitrogens with zero attached hydrogens (tertiary/aromatic N) is 2. The molecule has 100 valence electrons. The van der Waals surface area contributed by atoms with Crippen molar-refractivity contribution in [1.82, 2.24) is 4.90 Å². The number of piperazine rings is 1. The average Bonchev–Trinajstić information content (AvgIpc) is 2.28. The van der Waals surface area contributed by atoms with E-state index >= 15 is 0 Å². The Bertz CT molecular complexity index is 397. The van der Waals surface area contributed by atoms with Gasteiger partial charge in [0.05, 0.1) is 5.69 Å². The van der Waals surface area contributed by atoms with Crippen molar-refractivity contribution in [2.45, 2.75) is 33.7 Å². The van der Waals surface area contributed by atoms with Crippen molar-refractivity contribution >= 4 is 5.69 Å². The van der Waals surface area contributed by atoms with Gasteiger partial charge < -0.3 is 4.90 Å². The minimum absolute atomic E-state index is 0.0782. The number of hydrogen-bond acceptors (Lipinski definition) is 2. The smallest absolute Gasteiger partial charge is 0.147 e. The van der Waals surface area contributed by atoms with E-state index in [0.29, 0.717) is 6.04 Å². The quantitative estimate of drug-likeness (QED) is 0.796. The van der Waals surface area contributed by atoms with E-state index in [1.807, 2.05) is 13.8 Å². The van der Waals surface area contributed by atoms with Crippen LogP contribution in [0.4, 0.5) is 10.1 Å². The van der Waals surface area contributed by atoms with Gasteiger partial charge in [-0.05, 0) is 44.9 Å². The molecule has 1 aromatic carbocycles. The topological polar surface area (TPSA) is 6.48 Å².